The summed E-state index contributed by atoms with van der Waals surface area (Å²) in [4.78, 5) is 14.3. The Hall–Kier alpha value is -2.25. The van der Waals surface area contributed by atoms with E-state index in [1.807, 2.05) is 18.2 Å². The van der Waals surface area contributed by atoms with E-state index in [0.29, 0.717) is 30.2 Å². The Kier molecular flexibility index (Phi) is 6.20. The van der Waals surface area contributed by atoms with Crippen LogP contribution < -0.4 is 4.31 Å². The zero-order valence-corrected chi connectivity index (χ0v) is 18.2. The number of para-hydroxylation sites is 1. The topological polar surface area (TPSA) is 66.9 Å². The third kappa shape index (κ3) is 4.27. The first-order valence-corrected chi connectivity index (χ1v) is 12.1. The normalized spacial score (nSPS) is 19.3. The molecule has 0 radical (unpaired) electrons. The van der Waals surface area contributed by atoms with E-state index < -0.39 is 16.1 Å². The fourth-order valence-electron chi connectivity index (χ4n) is 4.11. The smallest absolute Gasteiger partial charge is 0.409 e. The minimum absolute atomic E-state index is 0.0243. The molecule has 0 spiro atoms. The van der Waals surface area contributed by atoms with Gasteiger partial charge in [-0.05, 0) is 68.0 Å². The molecule has 6 nitrogen and oxygen atoms in total. The van der Waals surface area contributed by atoms with Gasteiger partial charge in [0.2, 0.25) is 0 Å². The Morgan fingerprint density at radius 1 is 1.03 bits per heavy atom. The molecule has 1 fully saturated rings. The SMILES string of the molecule is O=C(OCC1CCc2ccccc2N1S(=O)(=O)c1ccc(Cl)cc1)N1CCCCC1. The van der Waals surface area contributed by atoms with Crippen molar-refractivity contribution in [2.24, 2.45) is 0 Å². The molecule has 2 aliphatic heterocycles. The number of nitrogens with zero attached hydrogens (tertiary/aromatic N) is 2. The molecule has 0 N–H and O–H groups in total. The highest BCUT2D eigenvalue weighted by Gasteiger charge is 2.37. The zero-order valence-electron chi connectivity index (χ0n) is 16.7. The van der Waals surface area contributed by atoms with Crippen LogP contribution in [0, 0.1) is 0 Å². The first kappa shape index (κ1) is 21.0. The molecule has 1 amide bonds. The summed E-state index contributed by atoms with van der Waals surface area (Å²) in [6.07, 6.45) is 4.02. The summed E-state index contributed by atoms with van der Waals surface area (Å²) in [5, 5.41) is 0.472. The Bertz CT molecular complexity index is 1000. The lowest BCUT2D eigenvalue weighted by Crippen LogP contribution is -2.47. The number of amides is 1. The molecule has 0 saturated carbocycles. The van der Waals surface area contributed by atoms with Gasteiger partial charge < -0.3 is 9.64 Å². The van der Waals surface area contributed by atoms with Crippen LogP contribution in [0.1, 0.15) is 31.2 Å². The van der Waals surface area contributed by atoms with E-state index in [-0.39, 0.29) is 17.6 Å². The van der Waals surface area contributed by atoms with Gasteiger partial charge in [-0.25, -0.2) is 13.2 Å². The molecule has 30 heavy (non-hydrogen) atoms. The molecule has 1 unspecified atom stereocenters. The number of carbonyl (C=O) groups excluding carboxylic acids is 1. The van der Waals surface area contributed by atoms with Gasteiger partial charge in [-0.2, -0.15) is 0 Å². The van der Waals surface area contributed by atoms with Crippen LogP contribution in [0.5, 0.6) is 0 Å². The van der Waals surface area contributed by atoms with Crippen LogP contribution in [0.15, 0.2) is 53.4 Å². The predicted molar refractivity (Wildman–Crippen MR) is 116 cm³/mol. The second-order valence-electron chi connectivity index (χ2n) is 7.70. The Morgan fingerprint density at radius 2 is 1.73 bits per heavy atom. The largest absolute Gasteiger partial charge is 0.447 e. The molecule has 1 saturated heterocycles. The first-order chi connectivity index (χ1) is 14.5. The van der Waals surface area contributed by atoms with Crippen molar-refractivity contribution in [3.05, 3.63) is 59.1 Å². The third-order valence-electron chi connectivity index (χ3n) is 5.69. The Labute approximate surface area is 182 Å². The summed E-state index contributed by atoms with van der Waals surface area (Å²) in [7, 11) is -3.84. The molecule has 2 heterocycles. The summed E-state index contributed by atoms with van der Waals surface area (Å²) < 4.78 is 34.1. The summed E-state index contributed by atoms with van der Waals surface area (Å²) in [6, 6.07) is 13.2. The van der Waals surface area contributed by atoms with Crippen LogP contribution in [0.3, 0.4) is 0 Å². The van der Waals surface area contributed by atoms with E-state index in [2.05, 4.69) is 0 Å². The number of benzene rings is 2. The predicted octanol–water partition coefficient (Wildman–Crippen LogP) is 4.47. The molecule has 0 aromatic heterocycles. The zero-order chi connectivity index (χ0) is 21.1. The summed E-state index contributed by atoms with van der Waals surface area (Å²) in [6.45, 7) is 1.41. The van der Waals surface area contributed by atoms with Crippen molar-refractivity contribution in [2.75, 3.05) is 24.0 Å². The van der Waals surface area contributed by atoms with E-state index in [9.17, 15) is 13.2 Å². The third-order valence-corrected chi connectivity index (χ3v) is 7.82. The van der Waals surface area contributed by atoms with Gasteiger partial charge in [-0.3, -0.25) is 4.31 Å². The highest BCUT2D eigenvalue weighted by atomic mass is 35.5. The number of rotatable bonds is 4. The number of carbonyl (C=O) groups is 1. The quantitative estimate of drug-likeness (QED) is 0.691. The molecule has 4 rings (SSSR count). The van der Waals surface area contributed by atoms with Gasteiger partial charge >= 0.3 is 6.09 Å². The maximum atomic E-state index is 13.5. The van der Waals surface area contributed by atoms with E-state index in [4.69, 9.17) is 16.3 Å². The van der Waals surface area contributed by atoms with Gasteiger partial charge in [0, 0.05) is 18.1 Å². The molecular weight excluding hydrogens is 424 g/mol. The van der Waals surface area contributed by atoms with Gasteiger partial charge in [0.15, 0.2) is 0 Å². The lowest BCUT2D eigenvalue weighted by Gasteiger charge is -2.38. The van der Waals surface area contributed by atoms with Crippen LogP contribution >= 0.6 is 11.6 Å². The second kappa shape index (κ2) is 8.86. The fraction of sp³-hybridized carbons (Fsp3) is 0.409. The summed E-state index contributed by atoms with van der Waals surface area (Å²) in [5.41, 5.74) is 1.60. The maximum Gasteiger partial charge on any atom is 0.409 e. The number of piperidine rings is 1. The number of sulfonamides is 1. The Morgan fingerprint density at radius 3 is 2.47 bits per heavy atom. The molecule has 0 bridgehead atoms. The molecule has 0 aliphatic carbocycles. The van der Waals surface area contributed by atoms with Crippen molar-refractivity contribution in [3.63, 3.8) is 0 Å². The number of hydrogen-bond donors (Lipinski definition) is 0. The molecule has 1 atom stereocenters. The molecule has 2 aliphatic rings. The summed E-state index contributed by atoms with van der Waals surface area (Å²) >= 11 is 5.95. The molecule has 8 heteroatoms. The van der Waals surface area contributed by atoms with Crippen molar-refractivity contribution < 1.29 is 17.9 Å². The molecule has 2 aromatic carbocycles. The van der Waals surface area contributed by atoms with Crippen LogP contribution in [0.2, 0.25) is 5.02 Å². The number of halogens is 1. The monoisotopic (exact) mass is 448 g/mol. The van der Waals surface area contributed by atoms with Crippen molar-refractivity contribution in [1.29, 1.82) is 0 Å². The first-order valence-electron chi connectivity index (χ1n) is 10.3. The van der Waals surface area contributed by atoms with Crippen molar-refractivity contribution in [1.82, 2.24) is 4.90 Å². The number of ether oxygens (including phenoxy) is 1. The van der Waals surface area contributed by atoms with Crippen LogP contribution in [-0.4, -0.2) is 45.1 Å². The molecule has 2 aromatic rings. The van der Waals surface area contributed by atoms with Crippen molar-refractivity contribution >= 4 is 33.4 Å². The lowest BCUT2D eigenvalue weighted by molar-refractivity contribution is 0.0895. The van der Waals surface area contributed by atoms with Crippen molar-refractivity contribution in [3.8, 4) is 0 Å². The number of likely N-dealkylation sites (tertiary alicyclic amines) is 1. The van der Waals surface area contributed by atoms with E-state index in [1.54, 1.807) is 23.1 Å². The highest BCUT2D eigenvalue weighted by molar-refractivity contribution is 7.92. The Balaban J connectivity index is 1.61. The minimum Gasteiger partial charge on any atom is -0.447 e. The minimum atomic E-state index is -3.84. The average Bonchev–Trinajstić information content (AvgIpc) is 2.77. The van der Waals surface area contributed by atoms with Gasteiger partial charge in [0.25, 0.3) is 10.0 Å². The van der Waals surface area contributed by atoms with E-state index in [0.717, 1.165) is 31.2 Å². The summed E-state index contributed by atoms with van der Waals surface area (Å²) in [5.74, 6) is 0. The van der Waals surface area contributed by atoms with Gasteiger partial charge in [0.1, 0.15) is 6.61 Å². The molecule has 160 valence electrons. The standard InChI is InChI=1S/C22H25ClN2O4S/c23-18-9-12-20(13-10-18)30(27,28)25-19(11-8-17-6-2-3-7-21(17)25)16-29-22(26)24-14-4-1-5-15-24/h2-3,6-7,9-10,12-13,19H,1,4-5,8,11,14-16H2. The van der Waals surface area contributed by atoms with Crippen LogP contribution in [-0.2, 0) is 21.2 Å². The van der Waals surface area contributed by atoms with Gasteiger partial charge in [-0.15, -0.1) is 0 Å². The number of anilines is 1. The second-order valence-corrected chi connectivity index (χ2v) is 9.95. The van der Waals surface area contributed by atoms with E-state index in [1.165, 1.54) is 16.4 Å². The maximum absolute atomic E-state index is 13.5. The fourth-order valence-corrected chi connectivity index (χ4v) is 5.93. The molecular formula is C22H25ClN2O4S. The average molecular weight is 449 g/mol. The van der Waals surface area contributed by atoms with Gasteiger partial charge in [0.05, 0.1) is 16.6 Å². The number of aryl methyl sites for hydroxylation is 1. The van der Waals surface area contributed by atoms with Crippen LogP contribution in [0.25, 0.3) is 0 Å². The van der Waals surface area contributed by atoms with Gasteiger partial charge in [-0.1, -0.05) is 29.8 Å². The highest BCUT2D eigenvalue weighted by Crippen LogP contribution is 2.35. The lowest BCUT2D eigenvalue weighted by atomic mass is 9.98. The van der Waals surface area contributed by atoms with Crippen molar-refractivity contribution in [2.45, 2.75) is 43.0 Å². The van der Waals surface area contributed by atoms with E-state index >= 15 is 0 Å². The van der Waals surface area contributed by atoms with Crippen LogP contribution in [0.4, 0.5) is 10.5 Å². The number of fused-ring (bicyclic) bond motifs is 1. The number of hydrogen-bond acceptors (Lipinski definition) is 4.